The average Bonchev–Trinajstić information content (AvgIpc) is 3.46. The predicted octanol–water partition coefficient (Wildman–Crippen LogP) is 8.43. The van der Waals surface area contributed by atoms with E-state index in [1.807, 2.05) is 54.6 Å². The van der Waals surface area contributed by atoms with Crippen molar-refractivity contribution >= 4 is 15.9 Å². The van der Waals surface area contributed by atoms with Crippen LogP contribution >= 0.6 is 15.9 Å². The Hall–Kier alpha value is -4.56. The summed E-state index contributed by atoms with van der Waals surface area (Å²) in [6, 6.07) is 24.3. The number of rotatable bonds is 10. The maximum atomic E-state index is 6.22. The van der Waals surface area contributed by atoms with E-state index in [0.717, 1.165) is 62.3 Å². The molecule has 0 N–H and O–H groups in total. The Bertz CT molecular complexity index is 1810. The van der Waals surface area contributed by atoms with Crippen LogP contribution in [0.2, 0.25) is 0 Å². The van der Waals surface area contributed by atoms with Crippen LogP contribution in [0, 0.1) is 0 Å². The predicted molar refractivity (Wildman–Crippen MR) is 176 cm³/mol. The van der Waals surface area contributed by atoms with Gasteiger partial charge in [0.05, 0.1) is 41.2 Å². The zero-order chi connectivity index (χ0) is 30.8. The Balaban J connectivity index is 1.55. The summed E-state index contributed by atoms with van der Waals surface area (Å²) in [5.41, 5.74) is 8.51. The highest BCUT2D eigenvalue weighted by molar-refractivity contribution is 9.10. The Kier molecular flexibility index (Phi) is 8.44. The third kappa shape index (κ3) is 5.35. The number of aromatic nitrogens is 1. The van der Waals surface area contributed by atoms with E-state index in [4.69, 9.17) is 28.4 Å². The first-order valence-corrected chi connectivity index (χ1v) is 15.0. The lowest BCUT2D eigenvalue weighted by molar-refractivity contribution is 0.284. The third-order valence-electron chi connectivity index (χ3n) is 8.02. The highest BCUT2D eigenvalue weighted by atomic mass is 79.9. The molecule has 0 saturated heterocycles. The van der Waals surface area contributed by atoms with Gasteiger partial charge in [-0.05, 0) is 59.5 Å². The van der Waals surface area contributed by atoms with Gasteiger partial charge in [0.25, 0.3) is 0 Å². The fraction of sp³-hybridized carbons (Fsp3) is 0.222. The fourth-order valence-electron chi connectivity index (χ4n) is 5.85. The largest absolute Gasteiger partial charge is 0.493 e. The van der Waals surface area contributed by atoms with Gasteiger partial charge < -0.3 is 33.0 Å². The second-order valence-corrected chi connectivity index (χ2v) is 11.3. The van der Waals surface area contributed by atoms with Gasteiger partial charge in [0, 0.05) is 39.5 Å². The van der Waals surface area contributed by atoms with E-state index in [1.54, 1.807) is 35.5 Å². The van der Waals surface area contributed by atoms with Crippen LogP contribution in [0.5, 0.6) is 34.5 Å². The fourth-order valence-corrected chi connectivity index (χ4v) is 6.38. The van der Waals surface area contributed by atoms with E-state index in [9.17, 15) is 0 Å². The van der Waals surface area contributed by atoms with Gasteiger partial charge in [-0.3, -0.25) is 0 Å². The number of benzene rings is 4. The molecule has 4 aromatic carbocycles. The molecular formula is C36H34BrNO6. The van der Waals surface area contributed by atoms with Gasteiger partial charge in [0.1, 0.15) is 6.61 Å². The van der Waals surface area contributed by atoms with Gasteiger partial charge in [-0.25, -0.2) is 0 Å². The van der Waals surface area contributed by atoms with E-state index >= 15 is 0 Å². The lowest BCUT2D eigenvalue weighted by atomic mass is 9.90. The molecule has 6 rings (SSSR count). The van der Waals surface area contributed by atoms with Crippen LogP contribution in [0.4, 0.5) is 0 Å². The summed E-state index contributed by atoms with van der Waals surface area (Å²) in [5, 5.41) is 0. The van der Waals surface area contributed by atoms with Crippen LogP contribution in [0.1, 0.15) is 11.1 Å². The highest BCUT2D eigenvalue weighted by Crippen LogP contribution is 2.50. The number of nitrogens with zero attached hydrogens (tertiary/aromatic N) is 1. The maximum Gasteiger partial charge on any atom is 0.162 e. The average molecular weight is 657 g/mol. The molecule has 5 aromatic rings. The van der Waals surface area contributed by atoms with E-state index in [-0.39, 0.29) is 0 Å². The minimum atomic E-state index is 0.433. The third-order valence-corrected chi connectivity index (χ3v) is 8.67. The molecule has 0 amide bonds. The molecule has 0 atom stereocenters. The number of methoxy groups -OCH3 is 5. The topological polar surface area (TPSA) is 60.3 Å². The molecule has 0 fully saturated rings. The van der Waals surface area contributed by atoms with E-state index in [1.165, 1.54) is 5.56 Å². The Morgan fingerprint density at radius 2 is 1.27 bits per heavy atom. The van der Waals surface area contributed by atoms with Gasteiger partial charge in [0.2, 0.25) is 0 Å². The smallest absolute Gasteiger partial charge is 0.162 e. The number of hydrogen-bond acceptors (Lipinski definition) is 6. The summed E-state index contributed by atoms with van der Waals surface area (Å²) in [5.74, 6) is 4.03. The van der Waals surface area contributed by atoms with Gasteiger partial charge in [-0.15, -0.1) is 0 Å². The summed E-state index contributed by atoms with van der Waals surface area (Å²) < 4.78 is 37.9. The van der Waals surface area contributed by atoms with Crippen molar-refractivity contribution in [3.8, 4) is 68.0 Å². The van der Waals surface area contributed by atoms with Crippen LogP contribution in [-0.2, 0) is 19.6 Å². The van der Waals surface area contributed by atoms with Crippen molar-refractivity contribution in [3.05, 3.63) is 94.6 Å². The van der Waals surface area contributed by atoms with Crippen LogP contribution in [0.3, 0.4) is 0 Å². The van der Waals surface area contributed by atoms with Gasteiger partial charge >= 0.3 is 0 Å². The van der Waals surface area contributed by atoms with Crippen molar-refractivity contribution in [2.45, 2.75) is 19.6 Å². The molecule has 44 heavy (non-hydrogen) atoms. The number of halogens is 1. The lowest BCUT2D eigenvalue weighted by Crippen LogP contribution is -2.11. The van der Waals surface area contributed by atoms with Gasteiger partial charge in [0.15, 0.2) is 34.5 Å². The highest BCUT2D eigenvalue weighted by Gasteiger charge is 2.28. The second-order valence-electron chi connectivity index (χ2n) is 10.4. The summed E-state index contributed by atoms with van der Waals surface area (Å²) >= 11 is 3.87. The number of fused-ring (bicyclic) bond motifs is 3. The minimum Gasteiger partial charge on any atom is -0.493 e. The molecule has 0 aliphatic carbocycles. The number of ether oxygens (including phenoxy) is 6. The zero-order valence-electron chi connectivity index (χ0n) is 25.4. The molecule has 0 saturated carbocycles. The maximum absolute atomic E-state index is 6.22. The molecule has 0 radical (unpaired) electrons. The van der Waals surface area contributed by atoms with Crippen LogP contribution in [0.25, 0.3) is 33.5 Å². The second kappa shape index (κ2) is 12.6. The number of aryl methyl sites for hydroxylation is 2. The monoisotopic (exact) mass is 655 g/mol. The van der Waals surface area contributed by atoms with Crippen molar-refractivity contribution in [2.75, 3.05) is 35.5 Å². The first-order chi connectivity index (χ1) is 21.5. The quantitative estimate of drug-likeness (QED) is 0.150. The first-order valence-electron chi connectivity index (χ1n) is 14.2. The molecule has 2 heterocycles. The Morgan fingerprint density at radius 3 is 1.98 bits per heavy atom. The summed E-state index contributed by atoms with van der Waals surface area (Å²) in [4.78, 5) is 0. The van der Waals surface area contributed by atoms with Crippen LogP contribution in [-0.4, -0.2) is 40.1 Å². The molecule has 8 heteroatoms. The molecule has 0 spiro atoms. The van der Waals surface area contributed by atoms with Crippen LogP contribution in [0.15, 0.2) is 83.5 Å². The van der Waals surface area contributed by atoms with Gasteiger partial charge in [-0.1, -0.05) is 52.3 Å². The van der Waals surface area contributed by atoms with Crippen molar-refractivity contribution in [3.63, 3.8) is 0 Å². The van der Waals surface area contributed by atoms with E-state index < -0.39 is 0 Å². The zero-order valence-corrected chi connectivity index (χ0v) is 27.0. The minimum absolute atomic E-state index is 0.433. The van der Waals surface area contributed by atoms with Gasteiger partial charge in [-0.2, -0.15) is 0 Å². The summed E-state index contributed by atoms with van der Waals surface area (Å²) in [6.45, 7) is 1.24. The van der Waals surface area contributed by atoms with E-state index in [2.05, 4.69) is 44.9 Å². The molecule has 226 valence electrons. The lowest BCUT2D eigenvalue weighted by Gasteiger charge is -2.23. The number of hydrogen-bond donors (Lipinski definition) is 0. The van der Waals surface area contributed by atoms with Crippen molar-refractivity contribution in [1.29, 1.82) is 0 Å². The molecule has 0 bridgehead atoms. The normalized spacial score (nSPS) is 11.8. The van der Waals surface area contributed by atoms with Crippen LogP contribution < -0.4 is 28.4 Å². The Labute approximate surface area is 266 Å². The molecule has 1 aliphatic rings. The summed E-state index contributed by atoms with van der Waals surface area (Å²) in [6.07, 6.45) is 3.07. The SMILES string of the molecule is COc1ccc(-c2c(-c3cc(OC)c(OCc4ccccc4)cc3Br)cn3c2-c2cc(OC)c(OC)cc2CC3)cc1OC. The van der Waals surface area contributed by atoms with Crippen molar-refractivity contribution < 1.29 is 28.4 Å². The molecular weight excluding hydrogens is 622 g/mol. The Morgan fingerprint density at radius 1 is 0.636 bits per heavy atom. The van der Waals surface area contributed by atoms with Crippen molar-refractivity contribution in [2.24, 2.45) is 0 Å². The molecule has 1 aliphatic heterocycles. The molecule has 7 nitrogen and oxygen atoms in total. The first kappa shape index (κ1) is 29.5. The molecule has 1 aromatic heterocycles. The van der Waals surface area contributed by atoms with E-state index in [0.29, 0.717) is 35.4 Å². The summed E-state index contributed by atoms with van der Waals surface area (Å²) in [7, 11) is 8.29. The van der Waals surface area contributed by atoms with Crippen molar-refractivity contribution in [1.82, 2.24) is 4.57 Å². The molecule has 0 unspecified atom stereocenters. The standard InChI is InChI=1S/C36H34BrNO6/c1-39-29-12-11-24(16-30(29)40-2)35-27(20-38-14-13-23-15-31(41-3)32(42-4)17-25(23)36(35)38)26-18-33(43-5)34(19-28(26)37)44-21-22-9-7-6-8-10-22/h6-12,15-20H,13-14,21H2,1-5H3.